The van der Waals surface area contributed by atoms with Crippen molar-refractivity contribution in [2.24, 2.45) is 0 Å². The third-order valence-corrected chi connectivity index (χ3v) is 3.61. The second kappa shape index (κ2) is 5.86. The lowest BCUT2D eigenvalue weighted by Gasteiger charge is -2.25. The fourth-order valence-electron chi connectivity index (χ4n) is 2.36. The van der Waals surface area contributed by atoms with Gasteiger partial charge in [0, 0.05) is 0 Å². The van der Waals surface area contributed by atoms with Crippen LogP contribution in [0.4, 0.5) is 0 Å². The van der Waals surface area contributed by atoms with Crippen LogP contribution in [-0.4, -0.2) is 0 Å². The molecule has 0 spiro atoms. The molecule has 18 heavy (non-hydrogen) atoms. The van der Waals surface area contributed by atoms with Crippen molar-refractivity contribution in [1.29, 1.82) is 0 Å². The summed E-state index contributed by atoms with van der Waals surface area (Å²) in [4.78, 5) is 0. The lowest BCUT2D eigenvalue weighted by atomic mass is 9.80. The van der Waals surface area contributed by atoms with Gasteiger partial charge in [0.25, 0.3) is 0 Å². The highest BCUT2D eigenvalue weighted by Gasteiger charge is 2.19. The van der Waals surface area contributed by atoms with E-state index >= 15 is 0 Å². The molecule has 0 heterocycles. The summed E-state index contributed by atoms with van der Waals surface area (Å²) in [6.45, 7) is 4.67. The van der Waals surface area contributed by atoms with Crippen molar-refractivity contribution in [3.05, 3.63) is 71.8 Å². The molecule has 1 radical (unpaired) electrons. The van der Waals surface area contributed by atoms with E-state index in [2.05, 4.69) is 62.4 Å². The van der Waals surface area contributed by atoms with Crippen molar-refractivity contribution in [3.8, 4) is 0 Å². The summed E-state index contributed by atoms with van der Waals surface area (Å²) in [6, 6.07) is 22.2. The molecule has 2 rings (SSSR count). The molecule has 0 fully saturated rings. The maximum absolute atomic E-state index is 3.07. The van der Waals surface area contributed by atoms with E-state index in [9.17, 15) is 0 Å². The molecule has 0 aliphatic rings. The van der Waals surface area contributed by atoms with Crippen molar-refractivity contribution in [2.45, 2.75) is 38.5 Å². The average molecular weight is 237 g/mol. The number of hydrogen-bond donors (Lipinski definition) is 0. The normalized spacial score (nSPS) is 11.4. The van der Waals surface area contributed by atoms with Crippen LogP contribution in [0.2, 0.25) is 0 Å². The summed E-state index contributed by atoms with van der Waals surface area (Å²) in [6.07, 6.45) is 3.60. The van der Waals surface area contributed by atoms with E-state index in [0.29, 0.717) is 0 Å². The van der Waals surface area contributed by atoms with Gasteiger partial charge in [-0.3, -0.25) is 0 Å². The summed E-state index contributed by atoms with van der Waals surface area (Å²) in [5, 5.41) is 0. The largest absolute Gasteiger partial charge is 0.0622 e. The zero-order chi connectivity index (χ0) is 12.8. The van der Waals surface area contributed by atoms with Crippen molar-refractivity contribution in [2.75, 3.05) is 0 Å². The lowest BCUT2D eigenvalue weighted by Crippen LogP contribution is -2.17. The zero-order valence-electron chi connectivity index (χ0n) is 11.3. The summed E-state index contributed by atoms with van der Waals surface area (Å²) in [5.41, 5.74) is 3.12. The molecule has 0 heteroatoms. The molecule has 0 aromatic heterocycles. The van der Waals surface area contributed by atoms with E-state index < -0.39 is 0 Å². The number of benzene rings is 2. The van der Waals surface area contributed by atoms with Crippen LogP contribution in [0, 0.1) is 6.07 Å². The van der Waals surface area contributed by atoms with Gasteiger partial charge in [0.15, 0.2) is 0 Å². The molecule has 0 nitrogen and oxygen atoms in total. The second-order valence-corrected chi connectivity index (χ2v) is 5.51. The Hall–Kier alpha value is -1.56. The average Bonchev–Trinajstić information content (AvgIpc) is 2.41. The molecule has 0 atom stereocenters. The first-order chi connectivity index (χ1) is 8.68. The molecule has 0 unspecified atom stereocenters. The zero-order valence-corrected chi connectivity index (χ0v) is 11.3. The number of aryl methyl sites for hydroxylation is 1. The van der Waals surface area contributed by atoms with Crippen molar-refractivity contribution in [1.82, 2.24) is 0 Å². The molecule has 2 aromatic rings. The van der Waals surface area contributed by atoms with Gasteiger partial charge in [-0.2, -0.15) is 0 Å². The van der Waals surface area contributed by atoms with Gasteiger partial charge >= 0.3 is 0 Å². The highest BCUT2D eigenvalue weighted by Crippen LogP contribution is 2.28. The van der Waals surface area contributed by atoms with Gasteiger partial charge in [-0.15, -0.1) is 0 Å². The third-order valence-electron chi connectivity index (χ3n) is 3.61. The molecule has 0 amide bonds. The van der Waals surface area contributed by atoms with Crippen LogP contribution in [0.5, 0.6) is 0 Å². The van der Waals surface area contributed by atoms with Crippen molar-refractivity contribution < 1.29 is 0 Å². The van der Waals surface area contributed by atoms with Crippen LogP contribution >= 0.6 is 0 Å². The Bertz CT molecular complexity index is 454. The summed E-state index contributed by atoms with van der Waals surface area (Å²) >= 11 is 0. The Labute approximate surface area is 111 Å². The van der Waals surface area contributed by atoms with Crippen LogP contribution in [0.15, 0.2) is 54.6 Å². The van der Waals surface area contributed by atoms with Gasteiger partial charge in [-0.1, -0.05) is 68.4 Å². The van der Waals surface area contributed by atoms with E-state index in [1.807, 2.05) is 12.1 Å². The number of rotatable bonds is 5. The minimum Gasteiger partial charge on any atom is -0.0622 e. The van der Waals surface area contributed by atoms with Gasteiger partial charge in [0.2, 0.25) is 0 Å². The molecule has 0 aliphatic carbocycles. The Morgan fingerprint density at radius 3 is 2.28 bits per heavy atom. The molecule has 0 aliphatic heterocycles. The summed E-state index contributed by atoms with van der Waals surface area (Å²) in [5.74, 6) is 0. The predicted octanol–water partition coefficient (Wildman–Crippen LogP) is 4.79. The molecular weight excluding hydrogens is 216 g/mol. The SMILES string of the molecule is CC(C)(CCCc1cc[c]cc1)c1ccccc1. The summed E-state index contributed by atoms with van der Waals surface area (Å²) in [7, 11) is 0. The fraction of sp³-hybridized carbons (Fsp3) is 0.333. The van der Waals surface area contributed by atoms with E-state index in [0.717, 1.165) is 6.42 Å². The lowest BCUT2D eigenvalue weighted by molar-refractivity contribution is 0.461. The Kier molecular flexibility index (Phi) is 4.19. The highest BCUT2D eigenvalue weighted by molar-refractivity contribution is 5.23. The minimum absolute atomic E-state index is 0.266. The van der Waals surface area contributed by atoms with Gasteiger partial charge in [-0.05, 0) is 41.9 Å². The van der Waals surface area contributed by atoms with E-state index in [4.69, 9.17) is 0 Å². The third kappa shape index (κ3) is 3.46. The molecule has 0 bridgehead atoms. The first-order valence-corrected chi connectivity index (χ1v) is 6.69. The van der Waals surface area contributed by atoms with Crippen LogP contribution < -0.4 is 0 Å². The fourth-order valence-corrected chi connectivity index (χ4v) is 2.36. The highest BCUT2D eigenvalue weighted by atomic mass is 14.2. The van der Waals surface area contributed by atoms with Crippen LogP contribution in [0.25, 0.3) is 0 Å². The van der Waals surface area contributed by atoms with E-state index in [1.165, 1.54) is 24.0 Å². The van der Waals surface area contributed by atoms with E-state index in [-0.39, 0.29) is 5.41 Å². The predicted molar refractivity (Wildman–Crippen MR) is 77.7 cm³/mol. The van der Waals surface area contributed by atoms with Gasteiger partial charge < -0.3 is 0 Å². The van der Waals surface area contributed by atoms with Gasteiger partial charge in [0.05, 0.1) is 0 Å². The Morgan fingerprint density at radius 2 is 1.61 bits per heavy atom. The van der Waals surface area contributed by atoms with Crippen molar-refractivity contribution in [3.63, 3.8) is 0 Å². The maximum atomic E-state index is 3.07. The molecule has 0 saturated heterocycles. The monoisotopic (exact) mass is 237 g/mol. The molecule has 93 valence electrons. The van der Waals surface area contributed by atoms with Crippen LogP contribution in [0.3, 0.4) is 0 Å². The van der Waals surface area contributed by atoms with Crippen LogP contribution in [0.1, 0.15) is 37.8 Å². The Balaban J connectivity index is 1.90. The second-order valence-electron chi connectivity index (χ2n) is 5.51. The molecule has 2 aromatic carbocycles. The Morgan fingerprint density at radius 1 is 0.944 bits per heavy atom. The topological polar surface area (TPSA) is 0 Å². The molecule has 0 N–H and O–H groups in total. The smallest absolute Gasteiger partial charge is 0.0103 e. The van der Waals surface area contributed by atoms with E-state index in [1.54, 1.807) is 0 Å². The molecule has 0 saturated carbocycles. The van der Waals surface area contributed by atoms with Gasteiger partial charge in [-0.25, -0.2) is 0 Å². The minimum atomic E-state index is 0.266. The number of hydrogen-bond acceptors (Lipinski definition) is 0. The standard InChI is InChI=1S/C18H21/c1-18(2,17-13-7-4-8-14-17)15-9-12-16-10-5-3-6-11-16/h4-8,10-11,13-14H,9,12,15H2,1-2H3. The van der Waals surface area contributed by atoms with Gasteiger partial charge in [0.1, 0.15) is 0 Å². The molecular formula is C18H21. The van der Waals surface area contributed by atoms with Crippen LogP contribution in [-0.2, 0) is 11.8 Å². The van der Waals surface area contributed by atoms with Crippen molar-refractivity contribution >= 4 is 0 Å². The quantitative estimate of drug-likeness (QED) is 0.701. The maximum Gasteiger partial charge on any atom is -0.0103 e. The first kappa shape index (κ1) is 12.9. The summed E-state index contributed by atoms with van der Waals surface area (Å²) < 4.78 is 0. The first-order valence-electron chi connectivity index (χ1n) is 6.69.